The second-order valence-corrected chi connectivity index (χ2v) is 4.93. The third-order valence-electron chi connectivity index (χ3n) is 3.34. The topological polar surface area (TPSA) is 86.6 Å². The number of carbonyl (C=O) groups excluding carboxylic acids is 1. The standard InChI is InChI=1S/C16H23NO4/c1-2-12-4-6-13(7-5-12)16(21)14(8-9-15(19)20)17-10-3-11-18/h4-7,14,17-18H,2-3,8-11H2,1H3,(H,19,20). The molecule has 0 aliphatic rings. The molecular formula is C16H23NO4. The normalized spacial score (nSPS) is 12.1. The molecule has 5 nitrogen and oxygen atoms in total. The Morgan fingerprint density at radius 1 is 1.24 bits per heavy atom. The monoisotopic (exact) mass is 293 g/mol. The summed E-state index contributed by atoms with van der Waals surface area (Å²) in [5.74, 6) is -1.02. The maximum absolute atomic E-state index is 12.4. The van der Waals surface area contributed by atoms with Crippen LogP contribution < -0.4 is 5.32 Å². The number of carboxylic acid groups (broad SMARTS) is 1. The Morgan fingerprint density at radius 3 is 2.43 bits per heavy atom. The smallest absolute Gasteiger partial charge is 0.303 e. The highest BCUT2D eigenvalue weighted by molar-refractivity contribution is 6.00. The Morgan fingerprint density at radius 2 is 1.90 bits per heavy atom. The number of rotatable bonds is 10. The van der Waals surface area contributed by atoms with Crippen molar-refractivity contribution >= 4 is 11.8 Å². The van der Waals surface area contributed by atoms with E-state index in [1.807, 2.05) is 19.1 Å². The molecule has 116 valence electrons. The van der Waals surface area contributed by atoms with Crippen molar-refractivity contribution in [3.63, 3.8) is 0 Å². The van der Waals surface area contributed by atoms with Crippen molar-refractivity contribution in [2.24, 2.45) is 0 Å². The first-order chi connectivity index (χ1) is 10.1. The Hall–Kier alpha value is -1.72. The van der Waals surface area contributed by atoms with Crippen LogP contribution in [0.3, 0.4) is 0 Å². The van der Waals surface area contributed by atoms with E-state index >= 15 is 0 Å². The maximum atomic E-state index is 12.4. The number of aliphatic carboxylic acids is 1. The van der Waals surface area contributed by atoms with Crippen LogP contribution in [0.1, 0.15) is 42.1 Å². The fourth-order valence-electron chi connectivity index (χ4n) is 2.05. The first kappa shape index (κ1) is 17.3. The third kappa shape index (κ3) is 6.06. The van der Waals surface area contributed by atoms with E-state index in [0.29, 0.717) is 18.5 Å². The number of hydrogen-bond acceptors (Lipinski definition) is 4. The van der Waals surface area contributed by atoms with Gasteiger partial charge in [0.05, 0.1) is 6.04 Å². The molecule has 0 bridgehead atoms. The zero-order chi connectivity index (χ0) is 15.7. The minimum Gasteiger partial charge on any atom is -0.481 e. The third-order valence-corrected chi connectivity index (χ3v) is 3.34. The molecule has 1 rings (SSSR count). The van der Waals surface area contributed by atoms with Gasteiger partial charge in [0.2, 0.25) is 0 Å². The SMILES string of the molecule is CCc1ccc(C(=O)C(CCC(=O)O)NCCCO)cc1. The van der Waals surface area contributed by atoms with Crippen LogP contribution in [0.25, 0.3) is 0 Å². The van der Waals surface area contributed by atoms with Gasteiger partial charge in [0.25, 0.3) is 0 Å². The van der Waals surface area contributed by atoms with Gasteiger partial charge in [0, 0.05) is 18.6 Å². The first-order valence-corrected chi connectivity index (χ1v) is 7.27. The van der Waals surface area contributed by atoms with Gasteiger partial charge in [-0.2, -0.15) is 0 Å². The summed E-state index contributed by atoms with van der Waals surface area (Å²) in [4.78, 5) is 23.1. The molecule has 0 spiro atoms. The molecule has 0 aromatic heterocycles. The number of carboxylic acids is 1. The summed E-state index contributed by atoms with van der Waals surface area (Å²) in [6.45, 7) is 2.57. The molecule has 21 heavy (non-hydrogen) atoms. The van der Waals surface area contributed by atoms with Gasteiger partial charge in [0.1, 0.15) is 0 Å². The summed E-state index contributed by atoms with van der Waals surface area (Å²) >= 11 is 0. The van der Waals surface area contributed by atoms with Crippen molar-refractivity contribution in [3.05, 3.63) is 35.4 Å². The van der Waals surface area contributed by atoms with Crippen molar-refractivity contribution in [1.82, 2.24) is 5.32 Å². The van der Waals surface area contributed by atoms with Crippen LogP contribution in [0.2, 0.25) is 0 Å². The number of benzene rings is 1. The number of hydrogen-bond donors (Lipinski definition) is 3. The van der Waals surface area contributed by atoms with Gasteiger partial charge in [-0.3, -0.25) is 9.59 Å². The van der Waals surface area contributed by atoms with Crippen LogP contribution in [0.4, 0.5) is 0 Å². The first-order valence-electron chi connectivity index (χ1n) is 7.27. The van der Waals surface area contributed by atoms with Crippen molar-refractivity contribution < 1.29 is 19.8 Å². The van der Waals surface area contributed by atoms with Gasteiger partial charge in [-0.05, 0) is 31.4 Å². The number of ketones is 1. The number of nitrogens with one attached hydrogen (secondary N) is 1. The average Bonchev–Trinajstić information content (AvgIpc) is 2.50. The molecular weight excluding hydrogens is 270 g/mol. The molecule has 0 fully saturated rings. The van der Waals surface area contributed by atoms with E-state index in [2.05, 4.69) is 5.32 Å². The number of aryl methyl sites for hydroxylation is 1. The number of Topliss-reactive ketones (excluding diaryl/α,β-unsaturated/α-hetero) is 1. The highest BCUT2D eigenvalue weighted by atomic mass is 16.4. The Labute approximate surface area is 125 Å². The summed E-state index contributed by atoms with van der Waals surface area (Å²) in [7, 11) is 0. The zero-order valence-corrected chi connectivity index (χ0v) is 12.3. The van der Waals surface area contributed by atoms with Crippen molar-refractivity contribution in [2.45, 2.75) is 38.6 Å². The van der Waals surface area contributed by atoms with Crippen LogP contribution in [0.15, 0.2) is 24.3 Å². The van der Waals surface area contributed by atoms with E-state index in [-0.39, 0.29) is 25.2 Å². The van der Waals surface area contributed by atoms with E-state index in [1.165, 1.54) is 0 Å². The molecule has 0 saturated carbocycles. The molecule has 0 amide bonds. The molecule has 1 aromatic rings. The van der Waals surface area contributed by atoms with Gasteiger partial charge >= 0.3 is 5.97 Å². The second-order valence-electron chi connectivity index (χ2n) is 4.93. The van der Waals surface area contributed by atoms with E-state index in [9.17, 15) is 9.59 Å². The molecule has 5 heteroatoms. The van der Waals surface area contributed by atoms with Crippen LogP contribution in [0.5, 0.6) is 0 Å². The van der Waals surface area contributed by atoms with Gasteiger partial charge in [-0.15, -0.1) is 0 Å². The van der Waals surface area contributed by atoms with E-state index in [0.717, 1.165) is 12.0 Å². The van der Waals surface area contributed by atoms with Gasteiger partial charge in [-0.25, -0.2) is 0 Å². The molecule has 0 aliphatic carbocycles. The lowest BCUT2D eigenvalue weighted by molar-refractivity contribution is -0.137. The Bertz CT molecular complexity index is 456. The van der Waals surface area contributed by atoms with Crippen LogP contribution in [0, 0.1) is 0 Å². The minimum absolute atomic E-state index is 0.0397. The van der Waals surface area contributed by atoms with Gasteiger partial charge in [-0.1, -0.05) is 31.2 Å². The highest BCUT2D eigenvalue weighted by Gasteiger charge is 2.20. The fourth-order valence-corrected chi connectivity index (χ4v) is 2.05. The predicted octanol–water partition coefficient (Wildman–Crippen LogP) is 1.64. The zero-order valence-electron chi connectivity index (χ0n) is 12.3. The van der Waals surface area contributed by atoms with E-state index < -0.39 is 12.0 Å². The summed E-state index contributed by atoms with van der Waals surface area (Å²) in [5, 5.41) is 20.6. The number of aliphatic hydroxyl groups excluding tert-OH is 1. The molecule has 1 unspecified atom stereocenters. The van der Waals surface area contributed by atoms with E-state index in [4.69, 9.17) is 10.2 Å². The lowest BCUT2D eigenvalue weighted by Crippen LogP contribution is -2.38. The van der Waals surface area contributed by atoms with Gasteiger partial charge < -0.3 is 15.5 Å². The molecule has 0 heterocycles. The lowest BCUT2D eigenvalue weighted by atomic mass is 9.98. The van der Waals surface area contributed by atoms with Crippen LogP contribution in [-0.4, -0.2) is 41.2 Å². The maximum Gasteiger partial charge on any atom is 0.303 e. The average molecular weight is 293 g/mol. The van der Waals surface area contributed by atoms with Gasteiger partial charge in [0.15, 0.2) is 5.78 Å². The van der Waals surface area contributed by atoms with Crippen molar-refractivity contribution in [3.8, 4) is 0 Å². The molecule has 1 aromatic carbocycles. The second kappa shape index (κ2) is 9.26. The van der Waals surface area contributed by atoms with Crippen molar-refractivity contribution in [1.29, 1.82) is 0 Å². The molecule has 1 atom stereocenters. The number of aliphatic hydroxyl groups is 1. The van der Waals surface area contributed by atoms with Crippen LogP contribution in [-0.2, 0) is 11.2 Å². The molecule has 0 saturated heterocycles. The minimum atomic E-state index is -0.918. The predicted molar refractivity (Wildman–Crippen MR) is 80.5 cm³/mol. The highest BCUT2D eigenvalue weighted by Crippen LogP contribution is 2.11. The summed E-state index contributed by atoms with van der Waals surface area (Å²) in [6, 6.07) is 6.86. The summed E-state index contributed by atoms with van der Waals surface area (Å²) < 4.78 is 0. The molecule has 0 aliphatic heterocycles. The van der Waals surface area contributed by atoms with Crippen molar-refractivity contribution in [2.75, 3.05) is 13.2 Å². The fraction of sp³-hybridized carbons (Fsp3) is 0.500. The summed E-state index contributed by atoms with van der Waals surface area (Å²) in [5.41, 5.74) is 1.74. The largest absolute Gasteiger partial charge is 0.481 e. The quantitative estimate of drug-likeness (QED) is 0.451. The summed E-state index contributed by atoms with van der Waals surface area (Å²) in [6.07, 6.45) is 1.63. The van der Waals surface area contributed by atoms with Crippen LogP contribution >= 0.6 is 0 Å². The molecule has 3 N–H and O–H groups in total. The van der Waals surface area contributed by atoms with E-state index in [1.54, 1.807) is 12.1 Å². The number of carbonyl (C=O) groups is 2. The lowest BCUT2D eigenvalue weighted by Gasteiger charge is -2.17. The Balaban J connectivity index is 2.73. The molecule has 0 radical (unpaired) electrons. The Kier molecular flexibility index (Phi) is 7.64.